The van der Waals surface area contributed by atoms with Crippen molar-refractivity contribution in [2.75, 3.05) is 6.61 Å². The summed E-state index contributed by atoms with van der Waals surface area (Å²) < 4.78 is 4.85. The normalized spacial score (nSPS) is 11.3. The summed E-state index contributed by atoms with van der Waals surface area (Å²) in [7, 11) is 0. The number of carbonyl (C=O) groups is 1. The Kier molecular flexibility index (Phi) is 7.84. The molecular weight excluding hydrogens is 242 g/mol. The van der Waals surface area contributed by atoms with Gasteiger partial charge in [0.15, 0.2) is 0 Å². The second-order valence-corrected chi connectivity index (χ2v) is 4.14. The zero-order chi connectivity index (χ0) is 15.0. The van der Waals surface area contributed by atoms with Crippen molar-refractivity contribution >= 4 is 5.97 Å². The number of aromatic hydroxyl groups is 1. The van der Waals surface area contributed by atoms with Gasteiger partial charge in [-0.3, -0.25) is 4.79 Å². The van der Waals surface area contributed by atoms with Gasteiger partial charge in [0.05, 0.1) is 6.61 Å². The third kappa shape index (κ3) is 5.30. The molecule has 3 N–H and O–H groups in total. The number of esters is 1. The standard InChI is InChI=1S/C13H19NO3.C2H6/c1-4-17-13(16)11(14)7-10-5-8(2)12(15)9(3)6-10;1-2/h5-6,11,15H,4,7,14H2,1-3H3;1-2H3. The van der Waals surface area contributed by atoms with E-state index in [0.717, 1.165) is 16.7 Å². The van der Waals surface area contributed by atoms with Gasteiger partial charge in [0.2, 0.25) is 0 Å². The second-order valence-electron chi connectivity index (χ2n) is 4.14. The van der Waals surface area contributed by atoms with Crippen molar-refractivity contribution < 1.29 is 14.6 Å². The maximum Gasteiger partial charge on any atom is 0.323 e. The van der Waals surface area contributed by atoms with E-state index in [0.29, 0.717) is 18.8 Å². The van der Waals surface area contributed by atoms with E-state index >= 15 is 0 Å². The number of rotatable bonds is 4. The van der Waals surface area contributed by atoms with Crippen LogP contribution in [0.4, 0.5) is 0 Å². The molecule has 0 fully saturated rings. The highest BCUT2D eigenvalue weighted by Gasteiger charge is 2.16. The lowest BCUT2D eigenvalue weighted by Crippen LogP contribution is -2.34. The summed E-state index contributed by atoms with van der Waals surface area (Å²) in [6, 6.07) is 3.02. The third-order valence-corrected chi connectivity index (χ3v) is 2.60. The van der Waals surface area contributed by atoms with Crippen LogP contribution in [0, 0.1) is 13.8 Å². The van der Waals surface area contributed by atoms with Gasteiger partial charge in [0, 0.05) is 0 Å². The van der Waals surface area contributed by atoms with Crippen molar-refractivity contribution in [3.63, 3.8) is 0 Å². The maximum absolute atomic E-state index is 11.4. The molecule has 0 aliphatic carbocycles. The topological polar surface area (TPSA) is 72.5 Å². The van der Waals surface area contributed by atoms with E-state index < -0.39 is 12.0 Å². The number of phenolic OH excluding ortho intramolecular Hbond substituents is 1. The summed E-state index contributed by atoms with van der Waals surface area (Å²) >= 11 is 0. The van der Waals surface area contributed by atoms with E-state index in [4.69, 9.17) is 10.5 Å². The van der Waals surface area contributed by atoms with Gasteiger partial charge >= 0.3 is 5.97 Å². The van der Waals surface area contributed by atoms with Crippen LogP contribution in [0.5, 0.6) is 5.75 Å². The van der Waals surface area contributed by atoms with Crippen molar-refractivity contribution in [1.82, 2.24) is 0 Å². The van der Waals surface area contributed by atoms with Crippen LogP contribution in [0.15, 0.2) is 12.1 Å². The van der Waals surface area contributed by atoms with Crippen LogP contribution in [0.1, 0.15) is 37.5 Å². The van der Waals surface area contributed by atoms with Gasteiger partial charge in [-0.2, -0.15) is 0 Å². The van der Waals surface area contributed by atoms with Crippen molar-refractivity contribution in [3.05, 3.63) is 28.8 Å². The quantitative estimate of drug-likeness (QED) is 0.822. The Bertz CT molecular complexity index is 393. The number of benzene rings is 1. The Morgan fingerprint density at radius 1 is 1.32 bits per heavy atom. The van der Waals surface area contributed by atoms with Crippen LogP contribution in [0.2, 0.25) is 0 Å². The minimum atomic E-state index is -0.654. The van der Waals surface area contributed by atoms with Crippen LogP contribution < -0.4 is 5.73 Å². The van der Waals surface area contributed by atoms with Crippen molar-refractivity contribution in [1.29, 1.82) is 0 Å². The molecule has 1 rings (SSSR count). The van der Waals surface area contributed by atoms with E-state index in [1.807, 2.05) is 39.8 Å². The van der Waals surface area contributed by atoms with E-state index in [2.05, 4.69) is 0 Å². The molecule has 108 valence electrons. The molecule has 4 heteroatoms. The Hall–Kier alpha value is -1.55. The van der Waals surface area contributed by atoms with Gasteiger partial charge in [-0.05, 0) is 43.9 Å². The fourth-order valence-corrected chi connectivity index (χ4v) is 1.75. The first-order valence-electron chi connectivity index (χ1n) is 6.67. The largest absolute Gasteiger partial charge is 0.507 e. The molecule has 0 saturated heterocycles. The van der Waals surface area contributed by atoms with Gasteiger partial charge < -0.3 is 15.6 Å². The third-order valence-electron chi connectivity index (χ3n) is 2.60. The molecule has 0 bridgehead atoms. The van der Waals surface area contributed by atoms with Gasteiger partial charge in [-0.25, -0.2) is 0 Å². The number of carbonyl (C=O) groups excluding carboxylic acids is 1. The summed E-state index contributed by atoms with van der Waals surface area (Å²) in [6.07, 6.45) is 0.417. The van der Waals surface area contributed by atoms with Crippen molar-refractivity contribution in [2.45, 2.75) is 47.1 Å². The Labute approximate surface area is 115 Å². The van der Waals surface area contributed by atoms with Crippen LogP contribution >= 0.6 is 0 Å². The van der Waals surface area contributed by atoms with Gasteiger partial charge in [-0.15, -0.1) is 0 Å². The molecule has 1 atom stereocenters. The first-order chi connectivity index (χ1) is 8.95. The highest BCUT2D eigenvalue weighted by atomic mass is 16.5. The number of ether oxygens (including phenoxy) is 1. The van der Waals surface area contributed by atoms with Gasteiger partial charge in [0.25, 0.3) is 0 Å². The van der Waals surface area contributed by atoms with Crippen LogP contribution in [-0.2, 0) is 16.0 Å². The first-order valence-corrected chi connectivity index (χ1v) is 6.67. The molecule has 0 heterocycles. The summed E-state index contributed by atoms with van der Waals surface area (Å²) in [5, 5.41) is 9.64. The zero-order valence-corrected chi connectivity index (χ0v) is 12.5. The van der Waals surface area contributed by atoms with E-state index in [9.17, 15) is 9.90 Å². The fraction of sp³-hybridized carbons (Fsp3) is 0.533. The predicted octanol–water partition coefficient (Wildman–Crippen LogP) is 2.47. The molecular formula is C15H25NO3. The first kappa shape index (κ1) is 17.4. The molecule has 4 nitrogen and oxygen atoms in total. The number of hydrogen-bond donors (Lipinski definition) is 2. The van der Waals surface area contributed by atoms with E-state index in [-0.39, 0.29) is 0 Å². The maximum atomic E-state index is 11.4. The smallest absolute Gasteiger partial charge is 0.323 e. The molecule has 0 aromatic heterocycles. The van der Waals surface area contributed by atoms with Crippen molar-refractivity contribution in [3.8, 4) is 5.75 Å². The van der Waals surface area contributed by atoms with Crippen LogP contribution in [0.3, 0.4) is 0 Å². The van der Waals surface area contributed by atoms with Gasteiger partial charge in [-0.1, -0.05) is 26.0 Å². The molecule has 0 aliphatic heterocycles. The minimum absolute atomic E-state index is 0.290. The lowest BCUT2D eigenvalue weighted by molar-refractivity contribution is -0.144. The Morgan fingerprint density at radius 2 is 1.79 bits per heavy atom. The highest BCUT2D eigenvalue weighted by Crippen LogP contribution is 2.23. The lowest BCUT2D eigenvalue weighted by Gasteiger charge is -2.12. The average molecular weight is 267 g/mol. The molecule has 0 saturated carbocycles. The van der Waals surface area contributed by atoms with E-state index in [1.165, 1.54) is 0 Å². The number of hydrogen-bond acceptors (Lipinski definition) is 4. The molecule has 0 radical (unpaired) electrons. The Balaban J connectivity index is 0.00000154. The van der Waals surface area contributed by atoms with E-state index in [1.54, 1.807) is 6.92 Å². The predicted molar refractivity (Wildman–Crippen MR) is 77.2 cm³/mol. The summed E-state index contributed by atoms with van der Waals surface area (Å²) in [6.45, 7) is 9.73. The monoisotopic (exact) mass is 267 g/mol. The Morgan fingerprint density at radius 3 is 2.21 bits per heavy atom. The number of aryl methyl sites for hydroxylation is 2. The van der Waals surface area contributed by atoms with Crippen LogP contribution in [-0.4, -0.2) is 23.7 Å². The molecule has 0 aliphatic rings. The molecule has 0 amide bonds. The van der Waals surface area contributed by atoms with Gasteiger partial charge in [0.1, 0.15) is 11.8 Å². The SMILES string of the molecule is CC.CCOC(=O)C(N)Cc1cc(C)c(O)c(C)c1. The molecule has 1 aromatic carbocycles. The van der Waals surface area contributed by atoms with Crippen LogP contribution in [0.25, 0.3) is 0 Å². The second kappa shape index (κ2) is 8.53. The zero-order valence-electron chi connectivity index (χ0n) is 12.5. The summed E-state index contributed by atoms with van der Waals surface area (Å²) in [5.74, 6) is -0.102. The fourth-order valence-electron chi connectivity index (χ4n) is 1.75. The van der Waals surface area contributed by atoms with Crippen molar-refractivity contribution in [2.24, 2.45) is 5.73 Å². The number of phenols is 1. The highest BCUT2D eigenvalue weighted by molar-refractivity contribution is 5.75. The molecule has 1 aromatic rings. The molecule has 0 spiro atoms. The lowest BCUT2D eigenvalue weighted by atomic mass is 10.0. The number of nitrogens with two attached hydrogens (primary N) is 1. The summed E-state index contributed by atoms with van der Waals surface area (Å²) in [4.78, 5) is 11.4. The average Bonchev–Trinajstić information content (AvgIpc) is 2.38. The minimum Gasteiger partial charge on any atom is -0.507 e. The summed E-state index contributed by atoms with van der Waals surface area (Å²) in [5.41, 5.74) is 8.24. The molecule has 19 heavy (non-hydrogen) atoms. The molecule has 1 unspecified atom stereocenters.